The lowest BCUT2D eigenvalue weighted by Crippen LogP contribution is -2.11. The number of aromatic nitrogens is 1. The Labute approximate surface area is 118 Å². The van der Waals surface area contributed by atoms with Gasteiger partial charge in [-0.2, -0.15) is 0 Å². The predicted molar refractivity (Wildman–Crippen MR) is 79.5 cm³/mol. The van der Waals surface area contributed by atoms with Crippen LogP contribution in [0.5, 0.6) is 0 Å². The molecule has 0 atom stereocenters. The number of benzene rings is 1. The molecule has 2 aromatic rings. The molecule has 5 nitrogen and oxygen atoms in total. The number of nitrogens with zero attached hydrogens (tertiary/aromatic N) is 1. The Morgan fingerprint density at radius 3 is 2.45 bits per heavy atom. The van der Waals surface area contributed by atoms with E-state index < -0.39 is 6.09 Å². The highest BCUT2D eigenvalue weighted by atomic mass is 16.5. The zero-order chi connectivity index (χ0) is 14.5. The van der Waals surface area contributed by atoms with Gasteiger partial charge in [0.15, 0.2) is 0 Å². The van der Waals surface area contributed by atoms with Crippen molar-refractivity contribution in [2.24, 2.45) is 0 Å². The highest BCUT2D eigenvalue weighted by molar-refractivity contribution is 5.84. The molecular weight excluding hydrogens is 254 g/mol. The summed E-state index contributed by atoms with van der Waals surface area (Å²) in [5.41, 5.74) is 4.04. The van der Waals surface area contributed by atoms with Crippen molar-refractivity contribution in [2.75, 3.05) is 17.7 Å². The summed E-state index contributed by atoms with van der Waals surface area (Å²) in [5, 5.41) is 5.76. The van der Waals surface area contributed by atoms with Gasteiger partial charge in [0.05, 0.1) is 19.0 Å². The molecule has 0 aliphatic heterocycles. The van der Waals surface area contributed by atoms with Crippen molar-refractivity contribution in [3.05, 3.63) is 47.7 Å². The first-order valence-electron chi connectivity index (χ1n) is 6.24. The van der Waals surface area contributed by atoms with E-state index >= 15 is 0 Å². The molecule has 0 saturated carbocycles. The molecule has 20 heavy (non-hydrogen) atoms. The molecule has 0 bridgehead atoms. The van der Waals surface area contributed by atoms with Gasteiger partial charge in [0.25, 0.3) is 0 Å². The average molecular weight is 271 g/mol. The molecule has 1 amide bonds. The Morgan fingerprint density at radius 1 is 1.10 bits per heavy atom. The zero-order valence-electron chi connectivity index (χ0n) is 11.7. The molecule has 0 aliphatic rings. The van der Waals surface area contributed by atoms with Crippen LogP contribution >= 0.6 is 0 Å². The van der Waals surface area contributed by atoms with Crippen LogP contribution in [0.25, 0.3) is 0 Å². The SMILES string of the molecule is COC(=O)Nc1ccc(Nc2ccc(C)c(C)c2)nc1. The van der Waals surface area contributed by atoms with Gasteiger partial charge >= 0.3 is 6.09 Å². The summed E-state index contributed by atoms with van der Waals surface area (Å²) in [5.74, 6) is 0.712. The highest BCUT2D eigenvalue weighted by Crippen LogP contribution is 2.19. The van der Waals surface area contributed by atoms with E-state index in [0.29, 0.717) is 11.5 Å². The van der Waals surface area contributed by atoms with Gasteiger partial charge in [0, 0.05) is 5.69 Å². The first-order valence-corrected chi connectivity index (χ1v) is 6.24. The van der Waals surface area contributed by atoms with E-state index in [9.17, 15) is 4.79 Å². The van der Waals surface area contributed by atoms with Crippen molar-refractivity contribution in [1.29, 1.82) is 0 Å². The van der Waals surface area contributed by atoms with Crippen LogP contribution in [0, 0.1) is 13.8 Å². The number of anilines is 3. The summed E-state index contributed by atoms with van der Waals surface area (Å²) in [4.78, 5) is 15.3. The van der Waals surface area contributed by atoms with E-state index in [2.05, 4.69) is 46.3 Å². The van der Waals surface area contributed by atoms with Gasteiger partial charge in [-0.3, -0.25) is 5.32 Å². The molecule has 0 saturated heterocycles. The van der Waals surface area contributed by atoms with Gasteiger partial charge in [-0.15, -0.1) is 0 Å². The monoisotopic (exact) mass is 271 g/mol. The second kappa shape index (κ2) is 6.06. The topological polar surface area (TPSA) is 63.2 Å². The van der Waals surface area contributed by atoms with Gasteiger partial charge in [-0.1, -0.05) is 6.07 Å². The van der Waals surface area contributed by atoms with Crippen LogP contribution in [0.15, 0.2) is 36.5 Å². The van der Waals surface area contributed by atoms with E-state index in [0.717, 1.165) is 5.69 Å². The quantitative estimate of drug-likeness (QED) is 0.895. The number of methoxy groups -OCH3 is 1. The number of nitrogens with one attached hydrogen (secondary N) is 2. The van der Waals surface area contributed by atoms with Crippen LogP contribution in [0.4, 0.5) is 22.0 Å². The molecule has 5 heteroatoms. The minimum absolute atomic E-state index is 0.512. The standard InChI is InChI=1S/C15H17N3O2/c1-10-4-5-12(8-11(10)2)17-14-7-6-13(9-16-14)18-15(19)20-3/h4-9H,1-3H3,(H,16,17)(H,18,19). The van der Waals surface area contributed by atoms with Gasteiger partial charge in [0.2, 0.25) is 0 Å². The summed E-state index contributed by atoms with van der Waals surface area (Å²) in [6, 6.07) is 9.68. The number of ether oxygens (including phenoxy) is 1. The lowest BCUT2D eigenvalue weighted by Gasteiger charge is -2.09. The van der Waals surface area contributed by atoms with E-state index in [1.807, 2.05) is 6.07 Å². The Bertz CT molecular complexity index is 609. The fraction of sp³-hybridized carbons (Fsp3) is 0.200. The summed E-state index contributed by atoms with van der Waals surface area (Å²) < 4.78 is 4.51. The average Bonchev–Trinajstić information content (AvgIpc) is 2.45. The highest BCUT2D eigenvalue weighted by Gasteiger charge is 2.02. The fourth-order valence-corrected chi connectivity index (χ4v) is 1.68. The van der Waals surface area contributed by atoms with Crippen LogP contribution in [-0.2, 0) is 4.74 Å². The Balaban J connectivity index is 2.06. The van der Waals surface area contributed by atoms with Gasteiger partial charge < -0.3 is 10.1 Å². The minimum Gasteiger partial charge on any atom is -0.453 e. The molecule has 1 aromatic heterocycles. The van der Waals surface area contributed by atoms with Crippen molar-refractivity contribution in [1.82, 2.24) is 4.98 Å². The maximum Gasteiger partial charge on any atom is 0.411 e. The number of aryl methyl sites for hydroxylation is 2. The third-order valence-electron chi connectivity index (χ3n) is 2.97. The first-order chi connectivity index (χ1) is 9.58. The normalized spacial score (nSPS) is 9.95. The third-order valence-corrected chi connectivity index (χ3v) is 2.97. The van der Waals surface area contributed by atoms with Crippen molar-refractivity contribution >= 4 is 23.3 Å². The Morgan fingerprint density at radius 2 is 1.85 bits per heavy atom. The van der Waals surface area contributed by atoms with Crippen molar-refractivity contribution < 1.29 is 9.53 Å². The number of pyridine rings is 1. The van der Waals surface area contributed by atoms with Crippen LogP contribution < -0.4 is 10.6 Å². The van der Waals surface area contributed by atoms with E-state index in [4.69, 9.17) is 0 Å². The number of hydrogen-bond acceptors (Lipinski definition) is 4. The Hall–Kier alpha value is -2.56. The third kappa shape index (κ3) is 3.47. The van der Waals surface area contributed by atoms with Crippen LogP contribution in [0.3, 0.4) is 0 Å². The fourth-order valence-electron chi connectivity index (χ4n) is 1.68. The van der Waals surface area contributed by atoms with Crippen molar-refractivity contribution in [3.63, 3.8) is 0 Å². The van der Waals surface area contributed by atoms with E-state index in [-0.39, 0.29) is 0 Å². The number of carbonyl (C=O) groups is 1. The molecule has 2 rings (SSSR count). The second-order valence-corrected chi connectivity index (χ2v) is 4.47. The molecule has 0 spiro atoms. The van der Waals surface area contributed by atoms with Gasteiger partial charge in [0.1, 0.15) is 5.82 Å². The molecule has 0 radical (unpaired) electrons. The molecule has 104 valence electrons. The first kappa shape index (κ1) is 13.9. The van der Waals surface area contributed by atoms with Crippen molar-refractivity contribution in [2.45, 2.75) is 13.8 Å². The zero-order valence-corrected chi connectivity index (χ0v) is 11.7. The molecule has 1 aromatic carbocycles. The number of amides is 1. The maximum absolute atomic E-state index is 11.0. The van der Waals surface area contributed by atoms with Crippen molar-refractivity contribution in [3.8, 4) is 0 Å². The van der Waals surface area contributed by atoms with Gasteiger partial charge in [-0.25, -0.2) is 9.78 Å². The van der Waals surface area contributed by atoms with Crippen LogP contribution in [0.2, 0.25) is 0 Å². The summed E-state index contributed by atoms with van der Waals surface area (Å²) in [6.07, 6.45) is 1.06. The summed E-state index contributed by atoms with van der Waals surface area (Å²) in [7, 11) is 1.32. The number of hydrogen-bond donors (Lipinski definition) is 2. The van der Waals surface area contributed by atoms with E-state index in [1.54, 1.807) is 18.3 Å². The predicted octanol–water partition coefficient (Wildman–Crippen LogP) is 3.62. The van der Waals surface area contributed by atoms with Gasteiger partial charge in [-0.05, 0) is 49.2 Å². The molecule has 1 heterocycles. The van der Waals surface area contributed by atoms with Crippen LogP contribution in [0.1, 0.15) is 11.1 Å². The lowest BCUT2D eigenvalue weighted by atomic mass is 10.1. The largest absolute Gasteiger partial charge is 0.453 e. The summed E-state index contributed by atoms with van der Waals surface area (Å²) >= 11 is 0. The maximum atomic E-state index is 11.0. The van der Waals surface area contributed by atoms with E-state index in [1.165, 1.54) is 18.2 Å². The molecule has 0 fully saturated rings. The molecule has 0 unspecified atom stereocenters. The summed E-state index contributed by atoms with van der Waals surface area (Å²) in [6.45, 7) is 4.14. The lowest BCUT2D eigenvalue weighted by molar-refractivity contribution is 0.187. The Kier molecular flexibility index (Phi) is 4.20. The molecule has 0 aliphatic carbocycles. The number of carbonyl (C=O) groups excluding carboxylic acids is 1. The number of rotatable bonds is 3. The smallest absolute Gasteiger partial charge is 0.411 e. The van der Waals surface area contributed by atoms with Crippen LogP contribution in [-0.4, -0.2) is 18.2 Å². The minimum atomic E-state index is -0.512. The molecular formula is C15H17N3O2. The second-order valence-electron chi connectivity index (χ2n) is 4.47. The molecule has 2 N–H and O–H groups in total.